The molecular weight excluding hydrogens is 364 g/mol. The monoisotopic (exact) mass is 390 g/mol. The minimum absolute atomic E-state index is 0.106. The average Bonchev–Trinajstić information content (AvgIpc) is 3.26. The van der Waals surface area contributed by atoms with E-state index in [0.29, 0.717) is 12.1 Å². The van der Waals surface area contributed by atoms with Crippen LogP contribution in [0.15, 0.2) is 48.8 Å². The Hall–Kier alpha value is -3.15. The molecule has 6 nitrogen and oxygen atoms in total. The van der Waals surface area contributed by atoms with Gasteiger partial charge in [-0.05, 0) is 62.6 Å². The van der Waals surface area contributed by atoms with Gasteiger partial charge in [0, 0.05) is 30.6 Å². The summed E-state index contributed by atoms with van der Waals surface area (Å²) in [5, 5.41) is 3.92. The number of hydrogen-bond acceptors (Lipinski definition) is 5. The van der Waals surface area contributed by atoms with Crippen molar-refractivity contribution in [1.29, 1.82) is 0 Å². The Morgan fingerprint density at radius 3 is 2.59 bits per heavy atom. The van der Waals surface area contributed by atoms with Crippen LogP contribution in [-0.4, -0.2) is 35.1 Å². The lowest BCUT2D eigenvalue weighted by Gasteiger charge is -2.18. The van der Waals surface area contributed by atoms with Crippen molar-refractivity contribution in [3.8, 4) is 5.75 Å². The first-order valence-corrected chi connectivity index (χ1v) is 10.1. The van der Waals surface area contributed by atoms with Gasteiger partial charge < -0.3 is 15.0 Å². The van der Waals surface area contributed by atoms with E-state index in [9.17, 15) is 4.79 Å². The summed E-state index contributed by atoms with van der Waals surface area (Å²) in [7, 11) is 0. The van der Waals surface area contributed by atoms with Crippen LogP contribution < -0.4 is 15.0 Å². The number of aromatic nitrogens is 2. The molecule has 2 heterocycles. The van der Waals surface area contributed by atoms with Gasteiger partial charge in [-0.1, -0.05) is 12.1 Å². The quantitative estimate of drug-likeness (QED) is 0.690. The predicted octanol–water partition coefficient (Wildman–Crippen LogP) is 3.95. The average molecular weight is 390 g/mol. The minimum Gasteiger partial charge on any atom is -0.491 e. The van der Waals surface area contributed by atoms with Crippen LogP contribution >= 0.6 is 0 Å². The number of hydrogen-bond donors (Lipinski definition) is 1. The maximum absolute atomic E-state index is 12.7. The highest BCUT2D eigenvalue weighted by Crippen LogP contribution is 2.26. The van der Waals surface area contributed by atoms with Crippen molar-refractivity contribution >= 4 is 22.6 Å². The maximum Gasteiger partial charge on any atom is 0.251 e. The third-order valence-corrected chi connectivity index (χ3v) is 5.03. The zero-order valence-corrected chi connectivity index (χ0v) is 16.9. The van der Waals surface area contributed by atoms with Gasteiger partial charge in [0.2, 0.25) is 0 Å². The third kappa shape index (κ3) is 4.47. The Morgan fingerprint density at radius 2 is 1.86 bits per heavy atom. The van der Waals surface area contributed by atoms with Gasteiger partial charge in [-0.25, -0.2) is 9.97 Å². The molecule has 1 aliphatic rings. The van der Waals surface area contributed by atoms with Crippen LogP contribution in [0, 0.1) is 0 Å². The van der Waals surface area contributed by atoms with Crippen molar-refractivity contribution in [3.05, 3.63) is 59.9 Å². The van der Waals surface area contributed by atoms with Gasteiger partial charge in [0.15, 0.2) is 0 Å². The molecule has 0 saturated carbocycles. The molecule has 1 fully saturated rings. The normalized spacial score (nSPS) is 13.8. The fourth-order valence-corrected chi connectivity index (χ4v) is 3.61. The van der Waals surface area contributed by atoms with Gasteiger partial charge in [0.25, 0.3) is 5.91 Å². The lowest BCUT2D eigenvalue weighted by molar-refractivity contribution is 0.0951. The lowest BCUT2D eigenvalue weighted by atomic mass is 10.1. The number of ether oxygens (including phenoxy) is 1. The summed E-state index contributed by atoms with van der Waals surface area (Å²) in [6, 6.07) is 13.4. The summed E-state index contributed by atoms with van der Waals surface area (Å²) in [6.07, 6.45) is 4.09. The topological polar surface area (TPSA) is 67.3 Å². The number of carbonyl (C=O) groups is 1. The first-order chi connectivity index (χ1) is 14.1. The fourth-order valence-electron chi connectivity index (χ4n) is 3.61. The van der Waals surface area contributed by atoms with Crippen LogP contribution in [0.25, 0.3) is 10.9 Å². The molecular formula is C23H26N4O2. The first kappa shape index (κ1) is 19.2. The van der Waals surface area contributed by atoms with Crippen molar-refractivity contribution in [2.75, 3.05) is 18.0 Å². The molecule has 4 rings (SSSR count). The molecule has 1 aromatic heterocycles. The second-order valence-corrected chi connectivity index (χ2v) is 7.62. The highest BCUT2D eigenvalue weighted by atomic mass is 16.5. The van der Waals surface area contributed by atoms with E-state index < -0.39 is 0 Å². The van der Waals surface area contributed by atoms with E-state index in [2.05, 4.69) is 20.2 Å². The molecule has 1 aliphatic heterocycles. The predicted molar refractivity (Wildman–Crippen MR) is 114 cm³/mol. The van der Waals surface area contributed by atoms with Crippen molar-refractivity contribution in [2.45, 2.75) is 39.3 Å². The molecule has 6 heteroatoms. The largest absolute Gasteiger partial charge is 0.491 e. The van der Waals surface area contributed by atoms with Crippen LogP contribution in [-0.2, 0) is 6.54 Å². The van der Waals surface area contributed by atoms with Crippen LogP contribution in [0.2, 0.25) is 0 Å². The number of fused-ring (bicyclic) bond motifs is 1. The Kier molecular flexibility index (Phi) is 5.60. The minimum atomic E-state index is -0.106. The van der Waals surface area contributed by atoms with Gasteiger partial charge in [0.1, 0.15) is 17.9 Å². The molecule has 3 aromatic rings. The number of nitrogens with one attached hydrogen (secondary N) is 1. The van der Waals surface area contributed by atoms with E-state index in [4.69, 9.17) is 4.74 Å². The number of amides is 1. The second-order valence-electron chi connectivity index (χ2n) is 7.62. The van der Waals surface area contributed by atoms with E-state index in [0.717, 1.165) is 41.1 Å². The van der Waals surface area contributed by atoms with Crippen molar-refractivity contribution < 1.29 is 9.53 Å². The number of rotatable bonds is 6. The van der Waals surface area contributed by atoms with Crippen molar-refractivity contribution in [3.63, 3.8) is 0 Å². The molecule has 0 bridgehead atoms. The number of carbonyl (C=O) groups excluding carboxylic acids is 1. The molecule has 0 radical (unpaired) electrons. The zero-order valence-electron chi connectivity index (χ0n) is 16.9. The molecule has 1 saturated heterocycles. The summed E-state index contributed by atoms with van der Waals surface area (Å²) in [4.78, 5) is 23.8. The number of nitrogens with zero attached hydrogens (tertiary/aromatic N) is 3. The molecule has 1 N–H and O–H groups in total. The molecule has 1 amide bonds. The van der Waals surface area contributed by atoms with E-state index >= 15 is 0 Å². The SMILES string of the molecule is CC(C)Oc1ccc(CNC(=O)c2ccc3ncnc(N4CCCC4)c3c2)cc1. The third-order valence-electron chi connectivity index (χ3n) is 5.03. The standard InChI is InChI=1S/C23H26N4O2/c1-16(2)29-19-8-5-17(6-9-19)14-24-23(28)18-7-10-21-20(13-18)22(26-15-25-21)27-11-3-4-12-27/h5-10,13,15-16H,3-4,11-12,14H2,1-2H3,(H,24,28). The zero-order chi connectivity index (χ0) is 20.2. The summed E-state index contributed by atoms with van der Waals surface area (Å²) in [5.74, 6) is 1.65. The molecule has 0 aliphatic carbocycles. The fraction of sp³-hybridized carbons (Fsp3) is 0.348. The van der Waals surface area contributed by atoms with Crippen LogP contribution in [0.5, 0.6) is 5.75 Å². The van der Waals surface area contributed by atoms with E-state index in [1.165, 1.54) is 12.8 Å². The van der Waals surface area contributed by atoms with E-state index in [1.54, 1.807) is 6.33 Å². The highest BCUT2D eigenvalue weighted by Gasteiger charge is 2.17. The number of anilines is 1. The Balaban J connectivity index is 1.47. The van der Waals surface area contributed by atoms with Crippen molar-refractivity contribution in [1.82, 2.24) is 15.3 Å². The summed E-state index contributed by atoms with van der Waals surface area (Å²) < 4.78 is 5.66. The first-order valence-electron chi connectivity index (χ1n) is 10.1. The van der Waals surface area contributed by atoms with Gasteiger partial charge in [-0.15, -0.1) is 0 Å². The van der Waals surface area contributed by atoms with Crippen LogP contribution in [0.4, 0.5) is 5.82 Å². The Morgan fingerprint density at radius 1 is 1.10 bits per heavy atom. The van der Waals surface area contributed by atoms with Gasteiger partial charge in [-0.3, -0.25) is 4.79 Å². The number of benzene rings is 2. The van der Waals surface area contributed by atoms with Crippen LogP contribution in [0.3, 0.4) is 0 Å². The summed E-state index contributed by atoms with van der Waals surface area (Å²) >= 11 is 0. The van der Waals surface area contributed by atoms with Crippen molar-refractivity contribution in [2.24, 2.45) is 0 Å². The molecule has 0 unspecified atom stereocenters. The summed E-state index contributed by atoms with van der Waals surface area (Å²) in [5.41, 5.74) is 2.50. The molecule has 2 aromatic carbocycles. The van der Waals surface area contributed by atoms with Gasteiger partial charge in [-0.2, -0.15) is 0 Å². The Bertz CT molecular complexity index is 995. The molecule has 150 valence electrons. The molecule has 0 spiro atoms. The van der Waals surface area contributed by atoms with Crippen LogP contribution in [0.1, 0.15) is 42.6 Å². The van der Waals surface area contributed by atoms with Gasteiger partial charge >= 0.3 is 0 Å². The lowest BCUT2D eigenvalue weighted by Crippen LogP contribution is -2.23. The second kappa shape index (κ2) is 8.47. The highest BCUT2D eigenvalue weighted by molar-refractivity contribution is 6.00. The maximum atomic E-state index is 12.7. The Labute approximate surface area is 170 Å². The van der Waals surface area contributed by atoms with E-state index in [-0.39, 0.29) is 12.0 Å². The van der Waals surface area contributed by atoms with Gasteiger partial charge in [0.05, 0.1) is 11.6 Å². The summed E-state index contributed by atoms with van der Waals surface area (Å²) in [6.45, 7) is 6.46. The smallest absolute Gasteiger partial charge is 0.251 e. The molecule has 29 heavy (non-hydrogen) atoms. The molecule has 0 atom stereocenters. The van der Waals surface area contributed by atoms with E-state index in [1.807, 2.05) is 56.3 Å².